The summed E-state index contributed by atoms with van der Waals surface area (Å²) in [6, 6.07) is 14.1. The van der Waals surface area contributed by atoms with Crippen LogP contribution in [0.25, 0.3) is 22.4 Å². The fourth-order valence-electron chi connectivity index (χ4n) is 5.19. The van der Waals surface area contributed by atoms with Gasteiger partial charge in [-0.3, -0.25) is 4.90 Å². The van der Waals surface area contributed by atoms with Crippen molar-refractivity contribution < 1.29 is 18.9 Å². The van der Waals surface area contributed by atoms with E-state index in [-0.39, 0.29) is 0 Å². The zero-order valence-corrected chi connectivity index (χ0v) is 20.2. The number of methoxy groups -OCH3 is 1. The van der Waals surface area contributed by atoms with Gasteiger partial charge in [-0.1, -0.05) is 35.9 Å². The summed E-state index contributed by atoms with van der Waals surface area (Å²) in [5.41, 5.74) is 6.16. The topological polar surface area (TPSA) is 53.0 Å². The Morgan fingerprint density at radius 1 is 1.03 bits per heavy atom. The summed E-state index contributed by atoms with van der Waals surface area (Å²) in [6.07, 6.45) is 0. The predicted octanol–water partition coefficient (Wildman–Crippen LogP) is 4.99. The van der Waals surface area contributed by atoms with Gasteiger partial charge in [0, 0.05) is 41.7 Å². The third kappa shape index (κ3) is 3.70. The van der Waals surface area contributed by atoms with Gasteiger partial charge in [-0.05, 0) is 36.2 Å². The fraction of sp³-hybridized carbons (Fsp3) is 0.370. The number of halogens is 1. The lowest BCUT2D eigenvalue weighted by atomic mass is 9.78. The van der Waals surface area contributed by atoms with Crippen LogP contribution in [0, 0.1) is 12.3 Å². The van der Waals surface area contributed by atoms with E-state index in [2.05, 4.69) is 17.9 Å². The SMILES string of the molecule is COc1nc(-c2cccc(-c3ccc4c(c3)OCCO4)c2Cl)c(C)cc1CN1CC2(COC2)C1. The lowest BCUT2D eigenvalue weighted by Crippen LogP contribution is -2.65. The lowest BCUT2D eigenvalue weighted by Gasteiger charge is -2.55. The minimum atomic E-state index is 0.386. The van der Waals surface area contributed by atoms with Crippen molar-refractivity contribution in [3.63, 3.8) is 0 Å². The number of aromatic nitrogens is 1. The van der Waals surface area contributed by atoms with Gasteiger partial charge in [0.2, 0.25) is 5.88 Å². The molecule has 0 amide bonds. The minimum absolute atomic E-state index is 0.386. The molecule has 3 aliphatic rings. The minimum Gasteiger partial charge on any atom is -0.486 e. The molecule has 2 aromatic carbocycles. The van der Waals surface area contributed by atoms with E-state index in [0.29, 0.717) is 29.5 Å². The van der Waals surface area contributed by atoms with Gasteiger partial charge < -0.3 is 18.9 Å². The van der Waals surface area contributed by atoms with Crippen molar-refractivity contribution in [1.29, 1.82) is 0 Å². The van der Waals surface area contributed by atoms with Crippen molar-refractivity contribution in [2.75, 3.05) is 46.6 Å². The third-order valence-electron chi connectivity index (χ3n) is 6.88. The Morgan fingerprint density at radius 2 is 1.79 bits per heavy atom. The Bertz CT molecular complexity index is 1250. The van der Waals surface area contributed by atoms with Gasteiger partial charge in [-0.25, -0.2) is 4.98 Å². The second-order valence-electron chi connectivity index (χ2n) is 9.49. The molecular weight excluding hydrogens is 452 g/mol. The normalized spacial score (nSPS) is 18.3. The van der Waals surface area contributed by atoms with Crippen molar-refractivity contribution in [2.45, 2.75) is 13.5 Å². The number of hydrogen-bond donors (Lipinski definition) is 0. The number of benzene rings is 2. The van der Waals surface area contributed by atoms with Crippen LogP contribution in [0.5, 0.6) is 17.4 Å². The van der Waals surface area contributed by atoms with Gasteiger partial charge in [-0.15, -0.1) is 0 Å². The van der Waals surface area contributed by atoms with Crippen molar-refractivity contribution in [3.8, 4) is 39.8 Å². The molecule has 6 rings (SSSR count). The number of likely N-dealkylation sites (tertiary alicyclic amines) is 1. The molecule has 4 heterocycles. The zero-order valence-electron chi connectivity index (χ0n) is 19.4. The largest absolute Gasteiger partial charge is 0.486 e. The highest BCUT2D eigenvalue weighted by atomic mass is 35.5. The highest BCUT2D eigenvalue weighted by Crippen LogP contribution is 2.42. The number of hydrogen-bond acceptors (Lipinski definition) is 6. The van der Waals surface area contributed by atoms with E-state index in [9.17, 15) is 0 Å². The van der Waals surface area contributed by atoms with E-state index in [1.54, 1.807) is 7.11 Å². The first kappa shape index (κ1) is 21.7. The van der Waals surface area contributed by atoms with Crippen molar-refractivity contribution in [1.82, 2.24) is 9.88 Å². The van der Waals surface area contributed by atoms with E-state index < -0.39 is 0 Å². The van der Waals surface area contributed by atoms with Gasteiger partial charge >= 0.3 is 0 Å². The first-order chi connectivity index (χ1) is 16.5. The van der Waals surface area contributed by atoms with E-state index in [4.69, 9.17) is 35.5 Å². The van der Waals surface area contributed by atoms with Crippen LogP contribution >= 0.6 is 11.6 Å². The van der Waals surface area contributed by atoms with Crippen LogP contribution in [0.1, 0.15) is 11.1 Å². The van der Waals surface area contributed by atoms with E-state index in [1.807, 2.05) is 36.4 Å². The van der Waals surface area contributed by atoms with Crippen LogP contribution in [-0.2, 0) is 11.3 Å². The molecule has 2 saturated heterocycles. The van der Waals surface area contributed by atoms with E-state index >= 15 is 0 Å². The average Bonchev–Trinajstić information content (AvgIpc) is 2.80. The maximum absolute atomic E-state index is 6.97. The van der Waals surface area contributed by atoms with E-state index in [0.717, 1.165) is 77.9 Å². The summed E-state index contributed by atoms with van der Waals surface area (Å²) in [7, 11) is 1.68. The quantitative estimate of drug-likeness (QED) is 0.515. The Labute approximate surface area is 204 Å². The number of aryl methyl sites for hydroxylation is 1. The molecule has 0 atom stereocenters. The molecule has 6 nitrogen and oxygen atoms in total. The maximum Gasteiger partial charge on any atom is 0.218 e. The lowest BCUT2D eigenvalue weighted by molar-refractivity contribution is -0.191. The number of fused-ring (bicyclic) bond motifs is 1. The summed E-state index contributed by atoms with van der Waals surface area (Å²) in [6.45, 7) is 7.93. The van der Waals surface area contributed by atoms with Gasteiger partial charge in [-0.2, -0.15) is 0 Å². The molecule has 0 radical (unpaired) electrons. The number of rotatable bonds is 5. The molecule has 1 aromatic heterocycles. The second kappa shape index (κ2) is 8.45. The van der Waals surface area contributed by atoms with Crippen LogP contribution in [0.3, 0.4) is 0 Å². The maximum atomic E-state index is 6.97. The molecular formula is C27H27ClN2O4. The molecule has 3 aromatic rings. The molecule has 0 aliphatic carbocycles. The smallest absolute Gasteiger partial charge is 0.218 e. The van der Waals surface area contributed by atoms with Crippen molar-refractivity contribution in [3.05, 3.63) is 58.6 Å². The van der Waals surface area contributed by atoms with Crippen molar-refractivity contribution in [2.24, 2.45) is 5.41 Å². The standard InChI is InChI=1S/C27H27ClN2O4/c1-17-10-19(12-30-13-27(14-30)15-32-16-27)26(31-2)29-25(17)21-5-3-4-20(24(21)28)18-6-7-22-23(11-18)34-9-8-33-22/h3-7,10-11H,8-9,12-16H2,1-2H3. The number of nitrogens with zero attached hydrogens (tertiary/aromatic N) is 2. The van der Waals surface area contributed by atoms with Gasteiger partial charge in [0.05, 0.1) is 31.0 Å². The molecule has 176 valence electrons. The molecule has 7 heteroatoms. The van der Waals surface area contributed by atoms with E-state index in [1.165, 1.54) is 0 Å². The summed E-state index contributed by atoms with van der Waals surface area (Å²) in [5, 5.41) is 0.652. The number of ether oxygens (including phenoxy) is 4. The Balaban J connectivity index is 1.31. The summed E-state index contributed by atoms with van der Waals surface area (Å²) in [4.78, 5) is 7.33. The van der Waals surface area contributed by atoms with Crippen LogP contribution in [0.4, 0.5) is 0 Å². The highest BCUT2D eigenvalue weighted by Gasteiger charge is 2.48. The second-order valence-corrected chi connectivity index (χ2v) is 9.86. The molecule has 2 fully saturated rings. The predicted molar refractivity (Wildman–Crippen MR) is 131 cm³/mol. The Morgan fingerprint density at radius 3 is 2.53 bits per heavy atom. The van der Waals surface area contributed by atoms with Gasteiger partial charge in [0.25, 0.3) is 0 Å². The molecule has 34 heavy (non-hydrogen) atoms. The number of pyridine rings is 1. The fourth-order valence-corrected chi connectivity index (χ4v) is 5.52. The Hall–Kier alpha value is -2.80. The highest BCUT2D eigenvalue weighted by molar-refractivity contribution is 6.36. The first-order valence-electron chi connectivity index (χ1n) is 11.6. The molecule has 1 spiro atoms. The van der Waals surface area contributed by atoms with Crippen molar-refractivity contribution >= 4 is 11.6 Å². The molecule has 3 aliphatic heterocycles. The van der Waals surface area contributed by atoms with Crippen LogP contribution < -0.4 is 14.2 Å². The van der Waals surface area contributed by atoms with Crippen LogP contribution in [0.15, 0.2) is 42.5 Å². The average molecular weight is 479 g/mol. The third-order valence-corrected chi connectivity index (χ3v) is 7.29. The first-order valence-corrected chi connectivity index (χ1v) is 12.0. The van der Waals surface area contributed by atoms with Gasteiger partial charge in [0.15, 0.2) is 11.5 Å². The molecule has 0 unspecified atom stereocenters. The van der Waals surface area contributed by atoms with Crippen LogP contribution in [0.2, 0.25) is 5.02 Å². The summed E-state index contributed by atoms with van der Waals surface area (Å²) < 4.78 is 22.5. The summed E-state index contributed by atoms with van der Waals surface area (Å²) in [5.74, 6) is 2.15. The molecule has 0 saturated carbocycles. The van der Waals surface area contributed by atoms with Gasteiger partial charge in [0.1, 0.15) is 13.2 Å². The Kier molecular flexibility index (Phi) is 5.40. The summed E-state index contributed by atoms with van der Waals surface area (Å²) >= 11 is 6.97. The zero-order chi connectivity index (χ0) is 23.3. The molecule has 0 N–H and O–H groups in total. The molecule has 0 bridgehead atoms. The monoisotopic (exact) mass is 478 g/mol. The van der Waals surface area contributed by atoms with Crippen LogP contribution in [-0.4, -0.2) is 56.5 Å².